The Kier molecular flexibility index (Phi) is 3.78. The van der Waals surface area contributed by atoms with Crippen molar-refractivity contribution in [2.24, 2.45) is 0 Å². The van der Waals surface area contributed by atoms with Crippen LogP contribution in [0.25, 0.3) is 0 Å². The van der Waals surface area contributed by atoms with E-state index in [-0.39, 0.29) is 5.41 Å². The average molecular weight is 305 g/mol. The van der Waals surface area contributed by atoms with Gasteiger partial charge in [-0.2, -0.15) is 0 Å². The minimum absolute atomic E-state index is 0.171. The Morgan fingerprint density at radius 3 is 2.39 bits per heavy atom. The van der Waals surface area contributed by atoms with Crippen LogP contribution >= 0.6 is 0 Å². The second-order valence-electron chi connectivity index (χ2n) is 6.99. The molecule has 1 heterocycles. The highest BCUT2D eigenvalue weighted by Crippen LogP contribution is 2.48. The number of hydrogen-bond donors (Lipinski definition) is 0. The van der Waals surface area contributed by atoms with Gasteiger partial charge in [0.25, 0.3) is 0 Å². The standard InChI is InChI=1S/C21H23NO/c23-19-11-12-21(18-9-5-2-6-10-18)13-14-22(20(21)15-19)16-17-7-3-1-4-8-17/h1-10,20H,11-16H2/t20-,21-/m0/s1. The minimum Gasteiger partial charge on any atom is -0.300 e. The highest BCUT2D eigenvalue weighted by molar-refractivity contribution is 5.81. The smallest absolute Gasteiger partial charge is 0.134 e. The van der Waals surface area contributed by atoms with Crippen molar-refractivity contribution in [1.82, 2.24) is 4.90 Å². The average Bonchev–Trinajstić information content (AvgIpc) is 2.96. The van der Waals surface area contributed by atoms with Gasteiger partial charge in [0, 0.05) is 30.8 Å². The van der Waals surface area contributed by atoms with Crippen molar-refractivity contribution in [2.45, 2.75) is 43.7 Å². The van der Waals surface area contributed by atoms with Gasteiger partial charge in [-0.15, -0.1) is 0 Å². The van der Waals surface area contributed by atoms with Crippen LogP contribution in [0.3, 0.4) is 0 Å². The lowest BCUT2D eigenvalue weighted by molar-refractivity contribution is -0.123. The molecule has 1 saturated carbocycles. The fourth-order valence-electron chi connectivity index (χ4n) is 4.57. The van der Waals surface area contributed by atoms with E-state index in [2.05, 4.69) is 65.6 Å². The molecule has 1 saturated heterocycles. The van der Waals surface area contributed by atoms with Crippen LogP contribution in [0.15, 0.2) is 60.7 Å². The van der Waals surface area contributed by atoms with Gasteiger partial charge in [0.2, 0.25) is 0 Å². The molecule has 0 spiro atoms. The lowest BCUT2D eigenvalue weighted by atomic mass is 9.66. The van der Waals surface area contributed by atoms with Gasteiger partial charge in [-0.3, -0.25) is 9.69 Å². The molecule has 1 aliphatic carbocycles. The molecule has 0 amide bonds. The van der Waals surface area contributed by atoms with Gasteiger partial charge in [0.1, 0.15) is 5.78 Å². The first kappa shape index (κ1) is 14.6. The van der Waals surface area contributed by atoms with Gasteiger partial charge in [-0.05, 0) is 30.5 Å². The molecule has 2 atom stereocenters. The molecule has 0 aromatic heterocycles. The van der Waals surface area contributed by atoms with Gasteiger partial charge in [0.05, 0.1) is 0 Å². The van der Waals surface area contributed by atoms with Crippen molar-refractivity contribution in [3.63, 3.8) is 0 Å². The van der Waals surface area contributed by atoms with Crippen molar-refractivity contribution in [3.05, 3.63) is 71.8 Å². The molecule has 0 bridgehead atoms. The quantitative estimate of drug-likeness (QED) is 0.855. The van der Waals surface area contributed by atoms with Gasteiger partial charge in [0.15, 0.2) is 0 Å². The summed E-state index contributed by atoms with van der Waals surface area (Å²) in [6.45, 7) is 2.04. The van der Waals surface area contributed by atoms with Crippen molar-refractivity contribution >= 4 is 5.78 Å². The van der Waals surface area contributed by atoms with E-state index < -0.39 is 0 Å². The molecule has 1 aliphatic heterocycles. The van der Waals surface area contributed by atoms with Gasteiger partial charge >= 0.3 is 0 Å². The maximum absolute atomic E-state index is 12.2. The summed E-state index contributed by atoms with van der Waals surface area (Å²) in [4.78, 5) is 14.7. The summed E-state index contributed by atoms with van der Waals surface area (Å²) in [5.41, 5.74) is 2.94. The minimum atomic E-state index is 0.171. The highest BCUT2D eigenvalue weighted by atomic mass is 16.1. The molecule has 2 heteroatoms. The number of ketones is 1. The zero-order valence-electron chi connectivity index (χ0n) is 13.4. The number of hydrogen-bond acceptors (Lipinski definition) is 2. The second kappa shape index (κ2) is 5.93. The number of benzene rings is 2. The SMILES string of the molecule is O=C1CC[C@@]2(c3ccccc3)CCN(Cc3ccccc3)[C@H]2C1. The van der Waals surface area contributed by atoms with E-state index in [0.717, 1.165) is 25.9 Å². The van der Waals surface area contributed by atoms with E-state index in [1.807, 2.05) is 0 Å². The third kappa shape index (κ3) is 2.61. The Balaban J connectivity index is 1.65. The predicted molar refractivity (Wildman–Crippen MR) is 92.2 cm³/mol. The molecule has 2 aromatic rings. The number of fused-ring (bicyclic) bond motifs is 1. The number of nitrogens with zero attached hydrogens (tertiary/aromatic N) is 1. The van der Waals surface area contributed by atoms with Crippen LogP contribution in [0, 0.1) is 0 Å². The van der Waals surface area contributed by atoms with E-state index in [0.29, 0.717) is 18.2 Å². The topological polar surface area (TPSA) is 20.3 Å². The first-order chi connectivity index (χ1) is 11.3. The normalized spacial score (nSPS) is 27.8. The molecular formula is C21H23NO. The van der Waals surface area contributed by atoms with E-state index >= 15 is 0 Å². The molecule has 23 heavy (non-hydrogen) atoms. The van der Waals surface area contributed by atoms with Gasteiger partial charge in [-0.1, -0.05) is 60.7 Å². The van der Waals surface area contributed by atoms with Crippen molar-refractivity contribution < 1.29 is 4.79 Å². The molecule has 0 radical (unpaired) electrons. The van der Waals surface area contributed by atoms with E-state index in [1.165, 1.54) is 17.5 Å². The lowest BCUT2D eigenvalue weighted by Gasteiger charge is -2.42. The van der Waals surface area contributed by atoms with E-state index in [4.69, 9.17) is 0 Å². The summed E-state index contributed by atoms with van der Waals surface area (Å²) in [6.07, 6.45) is 3.62. The summed E-state index contributed by atoms with van der Waals surface area (Å²) in [6, 6.07) is 21.9. The molecule has 2 aromatic carbocycles. The summed E-state index contributed by atoms with van der Waals surface area (Å²) < 4.78 is 0. The fraction of sp³-hybridized carbons (Fsp3) is 0.381. The number of likely N-dealkylation sites (tertiary alicyclic amines) is 1. The van der Waals surface area contributed by atoms with Crippen LogP contribution in [0.5, 0.6) is 0 Å². The number of carbonyl (C=O) groups is 1. The van der Waals surface area contributed by atoms with Crippen molar-refractivity contribution in [1.29, 1.82) is 0 Å². The monoisotopic (exact) mass is 305 g/mol. The molecule has 4 rings (SSSR count). The van der Waals surface area contributed by atoms with Gasteiger partial charge in [-0.25, -0.2) is 0 Å². The number of Topliss-reactive ketones (excluding diaryl/α,β-unsaturated/α-hetero) is 1. The first-order valence-electron chi connectivity index (χ1n) is 8.63. The second-order valence-corrected chi connectivity index (χ2v) is 6.99. The third-order valence-corrected chi connectivity index (χ3v) is 5.77. The van der Waals surface area contributed by atoms with Crippen LogP contribution < -0.4 is 0 Å². The zero-order chi connectivity index (χ0) is 15.7. The Morgan fingerprint density at radius 1 is 0.957 bits per heavy atom. The van der Waals surface area contributed by atoms with Crippen molar-refractivity contribution in [3.8, 4) is 0 Å². The number of carbonyl (C=O) groups excluding carboxylic acids is 1. The fourth-order valence-corrected chi connectivity index (χ4v) is 4.57. The van der Waals surface area contributed by atoms with Gasteiger partial charge < -0.3 is 0 Å². The Hall–Kier alpha value is -1.93. The van der Waals surface area contributed by atoms with Crippen LogP contribution in [0.4, 0.5) is 0 Å². The first-order valence-corrected chi connectivity index (χ1v) is 8.63. The largest absolute Gasteiger partial charge is 0.300 e. The highest BCUT2D eigenvalue weighted by Gasteiger charge is 2.50. The molecule has 2 fully saturated rings. The van der Waals surface area contributed by atoms with E-state index in [9.17, 15) is 4.79 Å². The maximum Gasteiger partial charge on any atom is 0.134 e. The van der Waals surface area contributed by atoms with Crippen molar-refractivity contribution in [2.75, 3.05) is 6.54 Å². The third-order valence-electron chi connectivity index (χ3n) is 5.77. The van der Waals surface area contributed by atoms with Crippen LogP contribution in [0.2, 0.25) is 0 Å². The summed E-state index contributed by atoms with van der Waals surface area (Å²) in [5.74, 6) is 0.432. The number of rotatable bonds is 3. The molecule has 0 unspecified atom stereocenters. The van der Waals surface area contributed by atoms with E-state index in [1.54, 1.807) is 0 Å². The summed E-state index contributed by atoms with van der Waals surface area (Å²) in [5, 5.41) is 0. The lowest BCUT2D eigenvalue weighted by Crippen LogP contribution is -2.47. The Bertz CT molecular complexity index is 682. The molecular weight excluding hydrogens is 282 g/mol. The summed E-state index contributed by atoms with van der Waals surface area (Å²) >= 11 is 0. The predicted octanol–water partition coefficient (Wildman–Crippen LogP) is 3.95. The van der Waals surface area contributed by atoms with Crippen LogP contribution in [0.1, 0.15) is 36.8 Å². The zero-order valence-corrected chi connectivity index (χ0v) is 13.4. The molecule has 0 N–H and O–H groups in total. The summed E-state index contributed by atoms with van der Waals surface area (Å²) in [7, 11) is 0. The molecule has 2 aliphatic rings. The van der Waals surface area contributed by atoms with Crippen LogP contribution in [-0.2, 0) is 16.8 Å². The maximum atomic E-state index is 12.2. The van der Waals surface area contributed by atoms with Crippen LogP contribution in [-0.4, -0.2) is 23.3 Å². The molecule has 118 valence electrons. The molecule has 2 nitrogen and oxygen atoms in total. The Labute approximate surface area is 138 Å². The Morgan fingerprint density at radius 2 is 1.65 bits per heavy atom.